The first-order chi connectivity index (χ1) is 10.9. The van der Waals surface area contributed by atoms with Crippen molar-refractivity contribution >= 4 is 10.0 Å². The fraction of sp³-hybridized carbons (Fsp3) is 0.625. The molecule has 0 aliphatic carbocycles. The van der Waals surface area contributed by atoms with E-state index in [0.717, 1.165) is 31.4 Å². The molecule has 2 heterocycles. The molecule has 0 amide bonds. The van der Waals surface area contributed by atoms with Crippen LogP contribution in [-0.2, 0) is 10.0 Å². The monoisotopic (exact) mass is 342 g/mol. The lowest BCUT2D eigenvalue weighted by molar-refractivity contribution is 0.313. The van der Waals surface area contributed by atoms with E-state index in [0.29, 0.717) is 31.4 Å². The van der Waals surface area contributed by atoms with E-state index in [1.165, 1.54) is 18.4 Å². The van der Waals surface area contributed by atoms with Crippen LogP contribution in [0, 0.1) is 11.7 Å². The zero-order valence-electron chi connectivity index (χ0n) is 13.3. The van der Waals surface area contributed by atoms with Gasteiger partial charge in [-0.2, -0.15) is 0 Å². The molecule has 2 atom stereocenters. The van der Waals surface area contributed by atoms with Gasteiger partial charge in [0.05, 0.1) is 12.9 Å². The summed E-state index contributed by atoms with van der Waals surface area (Å²) >= 11 is 0. The average Bonchev–Trinajstić information content (AvgIpc) is 2.88. The third-order valence-corrected chi connectivity index (χ3v) is 5.89. The van der Waals surface area contributed by atoms with E-state index >= 15 is 0 Å². The SMILES string of the molecule is CS(=O)(=O)N1CCC(CNC2CCCOc3cc(F)ccc32)C1. The van der Waals surface area contributed by atoms with Gasteiger partial charge in [-0.05, 0) is 37.8 Å². The third-order valence-electron chi connectivity index (χ3n) is 4.62. The van der Waals surface area contributed by atoms with Crippen molar-refractivity contribution < 1.29 is 17.5 Å². The van der Waals surface area contributed by atoms with Crippen LogP contribution in [0.4, 0.5) is 4.39 Å². The molecule has 1 aromatic rings. The lowest BCUT2D eigenvalue weighted by atomic mass is 10.0. The highest BCUT2D eigenvalue weighted by Crippen LogP contribution is 2.32. The Morgan fingerprint density at radius 3 is 2.96 bits per heavy atom. The number of fused-ring (bicyclic) bond motifs is 1. The van der Waals surface area contributed by atoms with E-state index in [9.17, 15) is 12.8 Å². The van der Waals surface area contributed by atoms with Crippen LogP contribution in [-0.4, -0.2) is 45.2 Å². The van der Waals surface area contributed by atoms with Gasteiger partial charge in [-0.25, -0.2) is 17.1 Å². The molecule has 5 nitrogen and oxygen atoms in total. The van der Waals surface area contributed by atoms with Crippen molar-refractivity contribution in [2.24, 2.45) is 5.92 Å². The summed E-state index contributed by atoms with van der Waals surface area (Å²) in [6.45, 7) is 2.53. The molecule has 2 unspecified atom stereocenters. The maximum Gasteiger partial charge on any atom is 0.211 e. The molecular formula is C16H23FN2O3S. The van der Waals surface area contributed by atoms with Gasteiger partial charge < -0.3 is 10.1 Å². The minimum absolute atomic E-state index is 0.125. The molecule has 0 bridgehead atoms. The molecule has 1 aromatic carbocycles. The number of ether oxygens (including phenoxy) is 1. The van der Waals surface area contributed by atoms with Gasteiger partial charge in [0.2, 0.25) is 10.0 Å². The van der Waals surface area contributed by atoms with Crippen molar-refractivity contribution in [3.8, 4) is 5.75 Å². The van der Waals surface area contributed by atoms with Gasteiger partial charge in [-0.1, -0.05) is 6.07 Å². The number of nitrogens with one attached hydrogen (secondary N) is 1. The van der Waals surface area contributed by atoms with E-state index in [2.05, 4.69) is 5.32 Å². The Bertz CT molecular complexity index is 665. The van der Waals surface area contributed by atoms with Crippen LogP contribution in [0.3, 0.4) is 0 Å². The summed E-state index contributed by atoms with van der Waals surface area (Å²) in [6.07, 6.45) is 3.98. The Labute approximate surface area is 136 Å². The normalized spacial score (nSPS) is 25.7. The summed E-state index contributed by atoms with van der Waals surface area (Å²) in [5, 5.41) is 3.53. The Kier molecular flexibility index (Phi) is 4.89. The molecule has 0 spiro atoms. The van der Waals surface area contributed by atoms with Gasteiger partial charge >= 0.3 is 0 Å². The number of rotatable bonds is 4. The van der Waals surface area contributed by atoms with Crippen molar-refractivity contribution in [3.05, 3.63) is 29.6 Å². The fourth-order valence-electron chi connectivity index (χ4n) is 3.33. The van der Waals surface area contributed by atoms with Gasteiger partial charge in [-0.3, -0.25) is 0 Å². The average molecular weight is 342 g/mol. The molecule has 2 aliphatic rings. The second kappa shape index (κ2) is 6.75. The molecule has 0 aromatic heterocycles. The minimum atomic E-state index is -3.09. The summed E-state index contributed by atoms with van der Waals surface area (Å²) in [7, 11) is -3.09. The molecule has 0 radical (unpaired) electrons. The summed E-state index contributed by atoms with van der Waals surface area (Å²) in [5.74, 6) is 0.644. The van der Waals surface area contributed by atoms with Crippen molar-refractivity contribution in [2.45, 2.75) is 25.3 Å². The zero-order valence-corrected chi connectivity index (χ0v) is 14.1. The number of hydrogen-bond acceptors (Lipinski definition) is 4. The maximum atomic E-state index is 13.4. The number of benzene rings is 1. The zero-order chi connectivity index (χ0) is 16.4. The lowest BCUT2D eigenvalue weighted by Gasteiger charge is -2.21. The molecule has 1 N–H and O–H groups in total. The number of nitrogens with zero attached hydrogens (tertiary/aromatic N) is 1. The Morgan fingerprint density at radius 1 is 1.39 bits per heavy atom. The molecule has 1 fully saturated rings. The van der Waals surface area contributed by atoms with Crippen molar-refractivity contribution in [1.82, 2.24) is 9.62 Å². The van der Waals surface area contributed by atoms with E-state index in [1.807, 2.05) is 0 Å². The highest BCUT2D eigenvalue weighted by atomic mass is 32.2. The maximum absolute atomic E-state index is 13.4. The summed E-state index contributed by atoms with van der Waals surface area (Å²) < 4.78 is 43.7. The van der Waals surface area contributed by atoms with Crippen LogP contribution < -0.4 is 10.1 Å². The Hall–Kier alpha value is -1.18. The quantitative estimate of drug-likeness (QED) is 0.908. The minimum Gasteiger partial charge on any atom is -0.493 e. The van der Waals surface area contributed by atoms with Crippen LogP contribution >= 0.6 is 0 Å². The molecule has 2 aliphatic heterocycles. The van der Waals surface area contributed by atoms with Gasteiger partial charge in [0.25, 0.3) is 0 Å². The predicted octanol–water partition coefficient (Wildman–Crippen LogP) is 1.91. The number of hydrogen-bond donors (Lipinski definition) is 1. The molecule has 0 saturated carbocycles. The molecule has 23 heavy (non-hydrogen) atoms. The van der Waals surface area contributed by atoms with Crippen LogP contribution in [0.25, 0.3) is 0 Å². The van der Waals surface area contributed by atoms with E-state index in [4.69, 9.17) is 4.74 Å². The van der Waals surface area contributed by atoms with Crippen molar-refractivity contribution in [2.75, 3.05) is 32.5 Å². The van der Waals surface area contributed by atoms with Gasteiger partial charge in [0.1, 0.15) is 11.6 Å². The van der Waals surface area contributed by atoms with E-state index in [-0.39, 0.29) is 11.9 Å². The third kappa shape index (κ3) is 4.02. The van der Waals surface area contributed by atoms with E-state index < -0.39 is 10.0 Å². The lowest BCUT2D eigenvalue weighted by Crippen LogP contribution is -2.31. The van der Waals surface area contributed by atoms with Crippen molar-refractivity contribution in [3.63, 3.8) is 0 Å². The predicted molar refractivity (Wildman–Crippen MR) is 86.4 cm³/mol. The molecular weight excluding hydrogens is 319 g/mol. The first kappa shape index (κ1) is 16.7. The standard InChI is InChI=1S/C16H23FN2O3S/c1-23(20,21)19-7-6-12(11-19)10-18-15-3-2-8-22-16-9-13(17)4-5-14(15)16/h4-5,9,12,15,18H,2-3,6-8,10-11H2,1H3. The summed E-state index contributed by atoms with van der Waals surface area (Å²) in [4.78, 5) is 0. The number of halogens is 1. The highest BCUT2D eigenvalue weighted by Gasteiger charge is 2.29. The Morgan fingerprint density at radius 2 is 2.22 bits per heavy atom. The topological polar surface area (TPSA) is 58.6 Å². The summed E-state index contributed by atoms with van der Waals surface area (Å²) in [6, 6.07) is 4.81. The van der Waals surface area contributed by atoms with Gasteiger partial charge in [0, 0.05) is 30.8 Å². The fourth-order valence-corrected chi connectivity index (χ4v) is 4.25. The van der Waals surface area contributed by atoms with Gasteiger partial charge in [0.15, 0.2) is 0 Å². The Balaban J connectivity index is 1.63. The first-order valence-corrected chi connectivity index (χ1v) is 9.89. The molecule has 7 heteroatoms. The van der Waals surface area contributed by atoms with E-state index in [1.54, 1.807) is 10.4 Å². The van der Waals surface area contributed by atoms with Crippen LogP contribution in [0.15, 0.2) is 18.2 Å². The second-order valence-corrected chi connectivity index (χ2v) is 8.39. The van der Waals surface area contributed by atoms with Crippen LogP contribution in [0.5, 0.6) is 5.75 Å². The van der Waals surface area contributed by atoms with Crippen LogP contribution in [0.1, 0.15) is 30.9 Å². The molecule has 3 rings (SSSR count). The smallest absolute Gasteiger partial charge is 0.211 e. The highest BCUT2D eigenvalue weighted by molar-refractivity contribution is 7.88. The first-order valence-electron chi connectivity index (χ1n) is 8.04. The second-order valence-electron chi connectivity index (χ2n) is 6.41. The molecule has 128 valence electrons. The number of sulfonamides is 1. The van der Waals surface area contributed by atoms with Crippen LogP contribution in [0.2, 0.25) is 0 Å². The van der Waals surface area contributed by atoms with Gasteiger partial charge in [-0.15, -0.1) is 0 Å². The largest absolute Gasteiger partial charge is 0.493 e. The summed E-state index contributed by atoms with van der Waals surface area (Å²) in [5.41, 5.74) is 0.988. The van der Waals surface area contributed by atoms with Crippen molar-refractivity contribution in [1.29, 1.82) is 0 Å². The molecule has 1 saturated heterocycles.